The molecule has 0 amide bonds. The van der Waals surface area contributed by atoms with Crippen molar-refractivity contribution >= 4 is 0 Å². The normalized spacial score (nSPS) is 24.6. The van der Waals surface area contributed by atoms with Gasteiger partial charge in [0.05, 0.1) is 11.7 Å². The highest BCUT2D eigenvalue weighted by molar-refractivity contribution is 4.98. The second-order valence-electron chi connectivity index (χ2n) is 7.49. The second-order valence-corrected chi connectivity index (χ2v) is 7.49. The molecule has 112 valence electrons. The van der Waals surface area contributed by atoms with Crippen LogP contribution in [-0.4, -0.2) is 50.0 Å². The SMILES string of the molecule is COCCCN1CC2(CCC(OC(C)(C)C)CC2)C1. The van der Waals surface area contributed by atoms with Gasteiger partial charge in [-0.25, -0.2) is 0 Å². The van der Waals surface area contributed by atoms with Crippen molar-refractivity contribution in [3.05, 3.63) is 0 Å². The fourth-order valence-electron chi connectivity index (χ4n) is 3.63. The summed E-state index contributed by atoms with van der Waals surface area (Å²) in [6.07, 6.45) is 6.88. The highest BCUT2D eigenvalue weighted by atomic mass is 16.5. The molecule has 0 atom stereocenters. The van der Waals surface area contributed by atoms with Gasteiger partial charge >= 0.3 is 0 Å². The Balaban J connectivity index is 1.65. The summed E-state index contributed by atoms with van der Waals surface area (Å²) in [7, 11) is 1.79. The van der Waals surface area contributed by atoms with E-state index in [-0.39, 0.29) is 5.60 Å². The molecule has 0 unspecified atom stereocenters. The first-order valence-electron chi connectivity index (χ1n) is 7.82. The van der Waals surface area contributed by atoms with Crippen molar-refractivity contribution in [3.63, 3.8) is 0 Å². The zero-order valence-electron chi connectivity index (χ0n) is 13.2. The summed E-state index contributed by atoms with van der Waals surface area (Å²) in [5.41, 5.74) is 0.645. The van der Waals surface area contributed by atoms with E-state index in [4.69, 9.17) is 9.47 Å². The van der Waals surface area contributed by atoms with Gasteiger partial charge in [-0.2, -0.15) is 0 Å². The van der Waals surface area contributed by atoms with E-state index < -0.39 is 0 Å². The second kappa shape index (κ2) is 6.11. The van der Waals surface area contributed by atoms with Crippen LogP contribution in [-0.2, 0) is 9.47 Å². The summed E-state index contributed by atoms with van der Waals surface area (Å²) in [6.45, 7) is 11.2. The topological polar surface area (TPSA) is 21.7 Å². The molecule has 2 aliphatic rings. The van der Waals surface area contributed by atoms with Crippen molar-refractivity contribution in [2.45, 2.75) is 64.6 Å². The smallest absolute Gasteiger partial charge is 0.0602 e. The zero-order valence-corrected chi connectivity index (χ0v) is 13.2. The molecule has 0 bridgehead atoms. The van der Waals surface area contributed by atoms with Crippen LogP contribution in [0.4, 0.5) is 0 Å². The monoisotopic (exact) mass is 269 g/mol. The molecule has 19 heavy (non-hydrogen) atoms. The van der Waals surface area contributed by atoms with E-state index >= 15 is 0 Å². The molecule has 1 spiro atoms. The quantitative estimate of drug-likeness (QED) is 0.716. The van der Waals surface area contributed by atoms with E-state index in [0.717, 1.165) is 6.61 Å². The lowest BCUT2D eigenvalue weighted by molar-refractivity contribution is -0.113. The van der Waals surface area contributed by atoms with Crippen molar-refractivity contribution in [1.82, 2.24) is 4.90 Å². The first kappa shape index (κ1) is 15.3. The minimum absolute atomic E-state index is 0.0149. The number of rotatable bonds is 5. The molecule has 1 heterocycles. The predicted molar refractivity (Wildman–Crippen MR) is 78.5 cm³/mol. The number of nitrogens with zero attached hydrogens (tertiary/aromatic N) is 1. The summed E-state index contributed by atoms with van der Waals surface area (Å²) in [6, 6.07) is 0. The number of hydrogen-bond donors (Lipinski definition) is 0. The van der Waals surface area contributed by atoms with Gasteiger partial charge in [0.1, 0.15) is 0 Å². The fourth-order valence-corrected chi connectivity index (χ4v) is 3.63. The number of hydrogen-bond acceptors (Lipinski definition) is 3. The standard InChI is InChI=1S/C16H31NO2/c1-15(2,3)19-14-6-8-16(9-7-14)12-17(13-16)10-5-11-18-4/h14H,5-13H2,1-4H3. The highest BCUT2D eigenvalue weighted by Crippen LogP contribution is 2.44. The Morgan fingerprint density at radius 2 is 1.79 bits per heavy atom. The van der Waals surface area contributed by atoms with Crippen LogP contribution in [0.1, 0.15) is 52.9 Å². The maximum absolute atomic E-state index is 6.12. The van der Waals surface area contributed by atoms with Crippen molar-refractivity contribution in [2.75, 3.05) is 33.4 Å². The molecular formula is C16H31NO2. The van der Waals surface area contributed by atoms with Gasteiger partial charge in [0, 0.05) is 33.4 Å². The van der Waals surface area contributed by atoms with Crippen LogP contribution in [0, 0.1) is 5.41 Å². The van der Waals surface area contributed by atoms with E-state index in [1.54, 1.807) is 7.11 Å². The summed E-state index contributed by atoms with van der Waals surface area (Å²) in [5.74, 6) is 0. The summed E-state index contributed by atoms with van der Waals surface area (Å²) in [5, 5.41) is 0. The van der Waals surface area contributed by atoms with Gasteiger partial charge < -0.3 is 14.4 Å². The Hall–Kier alpha value is -0.120. The molecular weight excluding hydrogens is 238 g/mol. The molecule has 1 aliphatic carbocycles. The minimum Gasteiger partial charge on any atom is -0.385 e. The van der Waals surface area contributed by atoms with Gasteiger partial charge in [0.15, 0.2) is 0 Å². The highest BCUT2D eigenvalue weighted by Gasteiger charge is 2.45. The maximum Gasteiger partial charge on any atom is 0.0602 e. The summed E-state index contributed by atoms with van der Waals surface area (Å²) < 4.78 is 11.2. The lowest BCUT2D eigenvalue weighted by Crippen LogP contribution is -2.58. The first-order valence-corrected chi connectivity index (χ1v) is 7.82. The van der Waals surface area contributed by atoms with E-state index in [2.05, 4.69) is 25.7 Å². The Kier molecular flexibility index (Phi) is 4.91. The van der Waals surface area contributed by atoms with Crippen molar-refractivity contribution in [1.29, 1.82) is 0 Å². The van der Waals surface area contributed by atoms with Crippen LogP contribution >= 0.6 is 0 Å². The Labute approximate surface area is 118 Å². The number of methoxy groups -OCH3 is 1. The molecule has 2 rings (SSSR count). The zero-order chi connectivity index (χ0) is 13.9. The van der Waals surface area contributed by atoms with Gasteiger partial charge in [-0.15, -0.1) is 0 Å². The summed E-state index contributed by atoms with van der Waals surface area (Å²) >= 11 is 0. The van der Waals surface area contributed by atoms with Gasteiger partial charge in [0.25, 0.3) is 0 Å². The van der Waals surface area contributed by atoms with Crippen LogP contribution in [0.3, 0.4) is 0 Å². The molecule has 1 saturated heterocycles. The minimum atomic E-state index is 0.0149. The van der Waals surface area contributed by atoms with E-state index in [9.17, 15) is 0 Å². The maximum atomic E-state index is 6.12. The fraction of sp³-hybridized carbons (Fsp3) is 1.00. The van der Waals surface area contributed by atoms with Crippen LogP contribution in [0.15, 0.2) is 0 Å². The largest absolute Gasteiger partial charge is 0.385 e. The van der Waals surface area contributed by atoms with Crippen LogP contribution < -0.4 is 0 Å². The Morgan fingerprint density at radius 3 is 2.32 bits per heavy atom. The first-order chi connectivity index (χ1) is 8.92. The summed E-state index contributed by atoms with van der Waals surface area (Å²) in [4.78, 5) is 2.59. The van der Waals surface area contributed by atoms with E-state index in [1.807, 2.05) is 0 Å². The molecule has 1 aliphatic heterocycles. The number of likely N-dealkylation sites (tertiary alicyclic amines) is 1. The average molecular weight is 269 g/mol. The average Bonchev–Trinajstić information content (AvgIpc) is 2.27. The van der Waals surface area contributed by atoms with E-state index in [1.165, 1.54) is 51.7 Å². The Bertz CT molecular complexity index is 269. The molecule has 3 nitrogen and oxygen atoms in total. The molecule has 3 heteroatoms. The van der Waals surface area contributed by atoms with Crippen molar-refractivity contribution < 1.29 is 9.47 Å². The third kappa shape index (κ3) is 4.44. The molecule has 2 fully saturated rings. The molecule has 0 aromatic carbocycles. The number of ether oxygens (including phenoxy) is 2. The van der Waals surface area contributed by atoms with Gasteiger partial charge in [-0.05, 0) is 58.3 Å². The molecule has 0 aromatic heterocycles. The van der Waals surface area contributed by atoms with Crippen LogP contribution in [0.2, 0.25) is 0 Å². The van der Waals surface area contributed by atoms with Gasteiger partial charge in [-0.3, -0.25) is 0 Å². The third-order valence-corrected chi connectivity index (χ3v) is 4.45. The lowest BCUT2D eigenvalue weighted by atomic mass is 9.68. The predicted octanol–water partition coefficient (Wildman–Crippen LogP) is 3.08. The van der Waals surface area contributed by atoms with E-state index in [0.29, 0.717) is 11.5 Å². The van der Waals surface area contributed by atoms with Crippen LogP contribution in [0.25, 0.3) is 0 Å². The van der Waals surface area contributed by atoms with Crippen molar-refractivity contribution in [3.8, 4) is 0 Å². The van der Waals surface area contributed by atoms with Gasteiger partial charge in [0.2, 0.25) is 0 Å². The van der Waals surface area contributed by atoms with Gasteiger partial charge in [-0.1, -0.05) is 0 Å². The molecule has 0 aromatic rings. The van der Waals surface area contributed by atoms with Crippen LogP contribution in [0.5, 0.6) is 0 Å². The molecule has 0 radical (unpaired) electrons. The van der Waals surface area contributed by atoms with Crippen molar-refractivity contribution in [2.24, 2.45) is 5.41 Å². The molecule has 1 saturated carbocycles. The molecule has 0 N–H and O–H groups in total. The Morgan fingerprint density at radius 1 is 1.16 bits per heavy atom. The third-order valence-electron chi connectivity index (χ3n) is 4.45. The lowest BCUT2D eigenvalue weighted by Gasteiger charge is -2.54.